The van der Waals surface area contributed by atoms with Gasteiger partial charge in [0.25, 0.3) is 0 Å². The van der Waals surface area contributed by atoms with Crippen molar-refractivity contribution in [1.29, 1.82) is 0 Å². The van der Waals surface area contributed by atoms with Crippen molar-refractivity contribution in [2.75, 3.05) is 5.75 Å². The number of para-hydroxylation sites is 3. The smallest absolute Gasteiger partial charge is 0.306 e. The van der Waals surface area contributed by atoms with Crippen LogP contribution in [0.25, 0.3) is 21.9 Å². The molecular weight excluding hydrogens is 330 g/mol. The molecule has 25 heavy (non-hydrogen) atoms. The van der Waals surface area contributed by atoms with Crippen LogP contribution >= 0.6 is 11.8 Å². The first-order chi connectivity index (χ1) is 12.2. The molecule has 0 aliphatic heterocycles. The molecule has 0 saturated heterocycles. The number of imidazole rings is 1. The molecule has 4 aromatic rings. The van der Waals surface area contributed by atoms with Gasteiger partial charge in [-0.2, -0.15) is 0 Å². The second-order valence-corrected chi connectivity index (χ2v) is 7.21. The van der Waals surface area contributed by atoms with Crippen molar-refractivity contribution < 1.29 is 0 Å². The largest absolute Gasteiger partial charge is 0.326 e. The molecule has 0 bridgehead atoms. The van der Waals surface area contributed by atoms with Gasteiger partial charge in [0.2, 0.25) is 0 Å². The molecule has 1 N–H and O–H groups in total. The summed E-state index contributed by atoms with van der Waals surface area (Å²) in [4.78, 5) is 19.7. The zero-order valence-electron chi connectivity index (χ0n) is 14.0. The molecule has 0 radical (unpaired) electrons. The molecule has 0 aliphatic carbocycles. The van der Waals surface area contributed by atoms with E-state index >= 15 is 0 Å². The fraction of sp³-hybridized carbons (Fsp3) is 0.200. The molecule has 2 aromatic heterocycles. The molecule has 0 aliphatic rings. The van der Waals surface area contributed by atoms with Crippen LogP contribution in [0.3, 0.4) is 0 Å². The van der Waals surface area contributed by atoms with E-state index in [9.17, 15) is 4.79 Å². The van der Waals surface area contributed by atoms with E-state index in [-0.39, 0.29) is 5.69 Å². The summed E-state index contributed by atoms with van der Waals surface area (Å²) in [5.41, 5.74) is 4.12. The summed E-state index contributed by atoms with van der Waals surface area (Å²) in [6, 6.07) is 18.2. The molecule has 4 rings (SSSR count). The SMILES string of the molecule is Cc1cc(SCCCn2c(=O)[nH]c3ccccc32)nc2ccccc12. The fourth-order valence-electron chi connectivity index (χ4n) is 3.12. The number of rotatable bonds is 5. The highest BCUT2D eigenvalue weighted by molar-refractivity contribution is 7.99. The van der Waals surface area contributed by atoms with Gasteiger partial charge in [-0.25, -0.2) is 9.78 Å². The minimum Gasteiger partial charge on any atom is -0.306 e. The van der Waals surface area contributed by atoms with Crippen molar-refractivity contribution in [2.24, 2.45) is 0 Å². The number of nitrogens with zero attached hydrogens (tertiary/aromatic N) is 2. The van der Waals surface area contributed by atoms with Crippen LogP contribution in [0.2, 0.25) is 0 Å². The van der Waals surface area contributed by atoms with Crippen molar-refractivity contribution in [2.45, 2.75) is 24.9 Å². The van der Waals surface area contributed by atoms with E-state index in [4.69, 9.17) is 4.98 Å². The molecule has 0 saturated carbocycles. The molecule has 2 aromatic carbocycles. The van der Waals surface area contributed by atoms with Crippen molar-refractivity contribution in [3.8, 4) is 0 Å². The Morgan fingerprint density at radius 1 is 1.12 bits per heavy atom. The van der Waals surface area contributed by atoms with Crippen LogP contribution in [0.5, 0.6) is 0 Å². The normalized spacial score (nSPS) is 11.4. The molecule has 5 heteroatoms. The molecule has 0 fully saturated rings. The van der Waals surface area contributed by atoms with Gasteiger partial charge in [0.05, 0.1) is 21.6 Å². The van der Waals surface area contributed by atoms with Crippen molar-refractivity contribution in [1.82, 2.24) is 14.5 Å². The Balaban J connectivity index is 1.44. The number of hydrogen-bond acceptors (Lipinski definition) is 3. The number of aryl methyl sites for hydroxylation is 2. The summed E-state index contributed by atoms with van der Waals surface area (Å²) in [5, 5.41) is 2.25. The van der Waals surface area contributed by atoms with E-state index in [1.165, 1.54) is 10.9 Å². The topological polar surface area (TPSA) is 50.7 Å². The van der Waals surface area contributed by atoms with Crippen molar-refractivity contribution >= 4 is 33.7 Å². The number of nitrogens with one attached hydrogen (secondary N) is 1. The number of pyridine rings is 1. The zero-order chi connectivity index (χ0) is 17.2. The van der Waals surface area contributed by atoms with E-state index in [0.29, 0.717) is 6.54 Å². The van der Waals surface area contributed by atoms with Crippen LogP contribution in [0.1, 0.15) is 12.0 Å². The van der Waals surface area contributed by atoms with Gasteiger partial charge in [0, 0.05) is 17.7 Å². The third kappa shape index (κ3) is 3.20. The van der Waals surface area contributed by atoms with E-state index in [1.807, 2.05) is 41.0 Å². The Hall–Kier alpha value is -2.53. The lowest BCUT2D eigenvalue weighted by Crippen LogP contribution is -2.17. The van der Waals surface area contributed by atoms with E-state index in [0.717, 1.165) is 33.7 Å². The first-order valence-corrected chi connectivity index (χ1v) is 9.38. The number of aromatic amines is 1. The van der Waals surface area contributed by atoms with Gasteiger partial charge in [0.1, 0.15) is 0 Å². The highest BCUT2D eigenvalue weighted by atomic mass is 32.2. The Labute approximate surface area is 149 Å². The van der Waals surface area contributed by atoms with Crippen molar-refractivity contribution in [3.05, 3.63) is 70.6 Å². The maximum absolute atomic E-state index is 12.1. The molecule has 0 amide bonds. The first kappa shape index (κ1) is 16.0. The van der Waals surface area contributed by atoms with Crippen molar-refractivity contribution in [3.63, 3.8) is 0 Å². The second-order valence-electron chi connectivity index (χ2n) is 6.10. The zero-order valence-corrected chi connectivity index (χ0v) is 14.8. The van der Waals surface area contributed by atoms with E-state index in [2.05, 4.69) is 30.1 Å². The second kappa shape index (κ2) is 6.76. The quantitative estimate of drug-likeness (QED) is 0.430. The number of H-pyrrole nitrogens is 1. The fourth-order valence-corrected chi connectivity index (χ4v) is 4.03. The third-order valence-corrected chi connectivity index (χ3v) is 5.35. The predicted octanol–water partition coefficient (Wildman–Crippen LogP) is 4.37. The minimum atomic E-state index is -0.0362. The molecule has 126 valence electrons. The van der Waals surface area contributed by atoms with Gasteiger partial charge in [0.15, 0.2) is 0 Å². The molecule has 4 nitrogen and oxygen atoms in total. The van der Waals surface area contributed by atoms with Gasteiger partial charge in [-0.05, 0) is 43.2 Å². The summed E-state index contributed by atoms with van der Waals surface area (Å²) < 4.78 is 1.81. The van der Waals surface area contributed by atoms with Gasteiger partial charge in [-0.15, -0.1) is 11.8 Å². The van der Waals surface area contributed by atoms with Crippen LogP contribution in [-0.4, -0.2) is 20.3 Å². The summed E-state index contributed by atoms with van der Waals surface area (Å²) in [7, 11) is 0. The molecule has 0 atom stereocenters. The van der Waals surface area contributed by atoms with E-state index in [1.54, 1.807) is 11.8 Å². The maximum atomic E-state index is 12.1. The van der Waals surface area contributed by atoms with Crippen LogP contribution < -0.4 is 5.69 Å². The maximum Gasteiger partial charge on any atom is 0.326 e. The van der Waals surface area contributed by atoms with Gasteiger partial charge < -0.3 is 4.98 Å². The lowest BCUT2D eigenvalue weighted by Gasteiger charge is -2.07. The number of fused-ring (bicyclic) bond motifs is 2. The lowest BCUT2D eigenvalue weighted by molar-refractivity contribution is 0.679. The summed E-state index contributed by atoms with van der Waals surface area (Å²) >= 11 is 1.75. The number of hydrogen-bond donors (Lipinski definition) is 1. The highest BCUT2D eigenvalue weighted by Gasteiger charge is 2.06. The van der Waals surface area contributed by atoms with Crippen LogP contribution in [0, 0.1) is 6.92 Å². The number of benzene rings is 2. The third-order valence-electron chi connectivity index (χ3n) is 4.36. The number of aromatic nitrogens is 3. The Kier molecular flexibility index (Phi) is 4.32. The Bertz CT molecular complexity index is 1100. The van der Waals surface area contributed by atoms with Crippen LogP contribution in [-0.2, 0) is 6.54 Å². The predicted molar refractivity (Wildman–Crippen MR) is 104 cm³/mol. The van der Waals surface area contributed by atoms with Crippen LogP contribution in [0.4, 0.5) is 0 Å². The summed E-state index contributed by atoms with van der Waals surface area (Å²) in [6.45, 7) is 2.84. The van der Waals surface area contributed by atoms with E-state index < -0.39 is 0 Å². The summed E-state index contributed by atoms with van der Waals surface area (Å²) in [5.74, 6) is 0.927. The highest BCUT2D eigenvalue weighted by Crippen LogP contribution is 2.24. The van der Waals surface area contributed by atoms with Gasteiger partial charge in [-0.1, -0.05) is 30.3 Å². The minimum absolute atomic E-state index is 0.0362. The molecule has 2 heterocycles. The molecule has 0 unspecified atom stereocenters. The average molecular weight is 349 g/mol. The molecular formula is C20H19N3OS. The monoisotopic (exact) mass is 349 g/mol. The molecule has 0 spiro atoms. The Morgan fingerprint density at radius 2 is 1.92 bits per heavy atom. The van der Waals surface area contributed by atoms with Crippen LogP contribution in [0.15, 0.2) is 64.4 Å². The van der Waals surface area contributed by atoms with Gasteiger partial charge >= 0.3 is 5.69 Å². The summed E-state index contributed by atoms with van der Waals surface area (Å²) in [6.07, 6.45) is 0.917. The lowest BCUT2D eigenvalue weighted by atomic mass is 10.1. The Morgan fingerprint density at radius 3 is 2.84 bits per heavy atom. The number of thioether (sulfide) groups is 1. The average Bonchev–Trinajstić information content (AvgIpc) is 2.94. The standard InChI is InChI=1S/C20H19N3OS/c1-14-13-19(21-16-8-3-2-7-15(14)16)25-12-6-11-23-18-10-5-4-9-17(18)22-20(23)24/h2-5,7-10,13H,6,11-12H2,1H3,(H,22,24). The van der Waals surface area contributed by atoms with Gasteiger partial charge in [-0.3, -0.25) is 4.57 Å². The first-order valence-electron chi connectivity index (χ1n) is 8.39.